The van der Waals surface area contributed by atoms with Crippen LogP contribution in [0, 0.1) is 0 Å². The molecule has 0 aliphatic rings. The van der Waals surface area contributed by atoms with Crippen molar-refractivity contribution in [2.45, 2.75) is 405 Å². The van der Waals surface area contributed by atoms with Crippen LogP contribution in [-0.4, -0.2) is 47.4 Å². The third kappa shape index (κ3) is 65.1. The van der Waals surface area contributed by atoms with Crippen molar-refractivity contribution in [2.24, 2.45) is 0 Å². The molecular formula is C73H139NO5. The second kappa shape index (κ2) is 68.6. The number of allylic oxidation sites excluding steroid dienone is 5. The van der Waals surface area contributed by atoms with Crippen molar-refractivity contribution in [1.82, 2.24) is 5.32 Å². The molecule has 0 rings (SSSR count). The Bertz CT molecular complexity index is 1280. The van der Waals surface area contributed by atoms with Crippen molar-refractivity contribution in [3.8, 4) is 0 Å². The van der Waals surface area contributed by atoms with Crippen LogP contribution < -0.4 is 5.32 Å². The van der Waals surface area contributed by atoms with Gasteiger partial charge in [-0.1, -0.05) is 352 Å². The number of ether oxygens (including phenoxy) is 1. The number of aliphatic hydroxyl groups is 2. The van der Waals surface area contributed by atoms with Gasteiger partial charge in [-0.05, 0) is 64.2 Å². The van der Waals surface area contributed by atoms with Gasteiger partial charge >= 0.3 is 5.97 Å². The van der Waals surface area contributed by atoms with Crippen molar-refractivity contribution < 1.29 is 24.5 Å². The lowest BCUT2D eigenvalue weighted by atomic mass is 10.0. The van der Waals surface area contributed by atoms with Gasteiger partial charge in [-0.25, -0.2) is 0 Å². The Kier molecular flexibility index (Phi) is 66.9. The van der Waals surface area contributed by atoms with E-state index in [0.29, 0.717) is 19.4 Å². The molecule has 0 saturated carbocycles. The summed E-state index contributed by atoms with van der Waals surface area (Å²) in [6.45, 7) is 4.90. The number of rotatable bonds is 67. The third-order valence-electron chi connectivity index (χ3n) is 16.7. The smallest absolute Gasteiger partial charge is 0.305 e. The number of esters is 1. The maximum absolute atomic E-state index is 12.5. The number of carbonyl (C=O) groups excluding carboxylic acids is 2. The zero-order chi connectivity index (χ0) is 57.1. The van der Waals surface area contributed by atoms with Crippen molar-refractivity contribution in [3.63, 3.8) is 0 Å². The maximum atomic E-state index is 12.5. The monoisotopic (exact) mass is 1110 g/mol. The second-order valence-corrected chi connectivity index (χ2v) is 24.6. The molecule has 2 unspecified atom stereocenters. The van der Waals surface area contributed by atoms with E-state index in [9.17, 15) is 19.8 Å². The normalized spacial score (nSPS) is 12.7. The Morgan fingerprint density at radius 2 is 0.633 bits per heavy atom. The van der Waals surface area contributed by atoms with Gasteiger partial charge in [0.25, 0.3) is 0 Å². The van der Waals surface area contributed by atoms with Crippen LogP contribution in [0.3, 0.4) is 0 Å². The van der Waals surface area contributed by atoms with Crippen molar-refractivity contribution in [3.05, 3.63) is 36.5 Å². The predicted molar refractivity (Wildman–Crippen MR) is 347 cm³/mol. The highest BCUT2D eigenvalue weighted by Crippen LogP contribution is 2.19. The van der Waals surface area contributed by atoms with Crippen LogP contribution in [-0.2, 0) is 14.3 Å². The summed E-state index contributed by atoms with van der Waals surface area (Å²) in [5.74, 6) is -0.0490. The molecule has 466 valence electrons. The molecule has 0 aromatic heterocycles. The van der Waals surface area contributed by atoms with E-state index in [1.807, 2.05) is 6.08 Å². The Hall–Kier alpha value is -1.92. The fourth-order valence-electron chi connectivity index (χ4n) is 11.2. The highest BCUT2D eigenvalue weighted by Gasteiger charge is 2.18. The van der Waals surface area contributed by atoms with Gasteiger partial charge in [-0.15, -0.1) is 0 Å². The zero-order valence-electron chi connectivity index (χ0n) is 53.4. The number of aliphatic hydroxyl groups excluding tert-OH is 2. The molecule has 3 N–H and O–H groups in total. The lowest BCUT2D eigenvalue weighted by molar-refractivity contribution is -0.143. The molecule has 0 radical (unpaired) electrons. The summed E-state index contributed by atoms with van der Waals surface area (Å²) in [6.07, 6.45) is 88.0. The number of carbonyl (C=O) groups is 2. The van der Waals surface area contributed by atoms with Crippen LogP contribution in [0.4, 0.5) is 0 Å². The van der Waals surface area contributed by atoms with Crippen LogP contribution in [0.25, 0.3) is 0 Å². The summed E-state index contributed by atoms with van der Waals surface area (Å²) in [5.41, 5.74) is 0. The molecule has 0 aromatic carbocycles. The summed E-state index contributed by atoms with van der Waals surface area (Å²) in [6, 6.07) is -0.624. The van der Waals surface area contributed by atoms with E-state index >= 15 is 0 Å². The number of unbranched alkanes of at least 4 members (excludes halogenated alkanes) is 52. The van der Waals surface area contributed by atoms with E-state index < -0.39 is 12.1 Å². The minimum Gasteiger partial charge on any atom is -0.466 e. The highest BCUT2D eigenvalue weighted by atomic mass is 16.5. The fraction of sp³-hybridized carbons (Fsp3) is 0.890. The molecule has 0 bridgehead atoms. The van der Waals surface area contributed by atoms with Crippen LogP contribution in [0.2, 0.25) is 0 Å². The average molecular weight is 1110 g/mol. The number of hydrogen-bond donors (Lipinski definition) is 3. The second-order valence-electron chi connectivity index (χ2n) is 24.6. The molecule has 0 heterocycles. The van der Waals surface area contributed by atoms with Gasteiger partial charge in [-0.2, -0.15) is 0 Å². The molecule has 0 aliphatic carbocycles. The van der Waals surface area contributed by atoms with E-state index in [-0.39, 0.29) is 18.5 Å². The molecule has 6 nitrogen and oxygen atoms in total. The molecular weight excluding hydrogens is 971 g/mol. The van der Waals surface area contributed by atoms with E-state index in [2.05, 4.69) is 43.5 Å². The topological polar surface area (TPSA) is 95.9 Å². The number of hydrogen-bond acceptors (Lipinski definition) is 5. The number of amides is 1. The molecule has 79 heavy (non-hydrogen) atoms. The highest BCUT2D eigenvalue weighted by molar-refractivity contribution is 5.76. The first-order valence-electron chi connectivity index (χ1n) is 35.8. The number of nitrogens with one attached hydrogen (secondary N) is 1. The van der Waals surface area contributed by atoms with Gasteiger partial charge in [0.2, 0.25) is 5.91 Å². The van der Waals surface area contributed by atoms with E-state index in [4.69, 9.17) is 4.74 Å². The molecule has 1 amide bonds. The Balaban J connectivity index is 3.33. The van der Waals surface area contributed by atoms with Gasteiger partial charge in [-0.3, -0.25) is 9.59 Å². The zero-order valence-corrected chi connectivity index (χ0v) is 53.4. The molecule has 0 fully saturated rings. The van der Waals surface area contributed by atoms with Crippen molar-refractivity contribution in [1.29, 1.82) is 0 Å². The Morgan fingerprint density at radius 3 is 0.987 bits per heavy atom. The van der Waals surface area contributed by atoms with E-state index in [1.54, 1.807) is 6.08 Å². The molecule has 6 heteroatoms. The first-order valence-corrected chi connectivity index (χ1v) is 35.8. The standard InChI is InChI=1S/C73H139NO5/c1-3-5-7-9-11-13-15-17-19-35-39-43-47-51-55-59-63-67-73(78)79-68-64-60-56-52-48-44-40-37-34-32-30-28-26-24-22-20-21-23-25-27-29-31-33-36-38-42-46-50-54-58-62-66-72(77)74-70(69-75)71(76)65-61-57-53-49-45-41-18-16-14-12-10-8-6-4-2/h11,13,17,19,61,65,70-71,75-76H,3-10,12,14-16,18,20-60,62-64,66-69H2,1-2H3,(H,74,77)/b13-11-,19-17-,65-61+. The molecule has 0 aromatic rings. The molecule has 0 saturated heterocycles. The van der Waals surface area contributed by atoms with Crippen molar-refractivity contribution in [2.75, 3.05) is 13.2 Å². The SMILES string of the molecule is CCCCC/C=C\C/C=C\CCCCCCCCCC(=O)OCCCCCCCCCCCCCCCCCCCCCCCCCCCCCCCCCC(=O)NC(CO)C(O)/C=C/CCCCCCCCCCCCCC. The summed E-state index contributed by atoms with van der Waals surface area (Å²) in [5, 5.41) is 23.1. The van der Waals surface area contributed by atoms with Crippen molar-refractivity contribution >= 4 is 11.9 Å². The fourth-order valence-corrected chi connectivity index (χ4v) is 11.2. The Labute approximate surface area is 494 Å². The maximum Gasteiger partial charge on any atom is 0.305 e. The summed E-state index contributed by atoms with van der Waals surface area (Å²) >= 11 is 0. The molecule has 0 aliphatic heterocycles. The lowest BCUT2D eigenvalue weighted by Gasteiger charge is -2.20. The first-order chi connectivity index (χ1) is 39.0. The largest absolute Gasteiger partial charge is 0.466 e. The van der Waals surface area contributed by atoms with Gasteiger partial charge in [0, 0.05) is 12.8 Å². The minimum atomic E-state index is -0.841. The average Bonchev–Trinajstić information content (AvgIpc) is 3.45. The minimum absolute atomic E-state index is 0.0129. The van der Waals surface area contributed by atoms with Gasteiger partial charge < -0.3 is 20.3 Å². The van der Waals surface area contributed by atoms with Gasteiger partial charge in [0.1, 0.15) is 0 Å². The molecule has 0 spiro atoms. The predicted octanol–water partition coefficient (Wildman–Crippen LogP) is 23.1. The summed E-state index contributed by atoms with van der Waals surface area (Å²) in [7, 11) is 0. The molecule has 2 atom stereocenters. The first kappa shape index (κ1) is 77.1. The van der Waals surface area contributed by atoms with Crippen LogP contribution in [0.1, 0.15) is 393 Å². The van der Waals surface area contributed by atoms with Crippen LogP contribution in [0.15, 0.2) is 36.5 Å². The Morgan fingerprint density at radius 1 is 0.354 bits per heavy atom. The quantitative estimate of drug-likeness (QED) is 0.0320. The summed E-state index contributed by atoms with van der Waals surface area (Å²) in [4.78, 5) is 24.6. The third-order valence-corrected chi connectivity index (χ3v) is 16.7. The van der Waals surface area contributed by atoms with E-state index in [0.717, 1.165) is 51.4 Å². The van der Waals surface area contributed by atoms with Crippen LogP contribution in [0.5, 0.6) is 0 Å². The van der Waals surface area contributed by atoms with Gasteiger partial charge in [0.05, 0.1) is 25.4 Å². The summed E-state index contributed by atoms with van der Waals surface area (Å²) < 4.78 is 5.50. The lowest BCUT2D eigenvalue weighted by Crippen LogP contribution is -2.45. The van der Waals surface area contributed by atoms with Gasteiger partial charge in [0.15, 0.2) is 0 Å². The van der Waals surface area contributed by atoms with Crippen LogP contribution >= 0.6 is 0 Å². The van der Waals surface area contributed by atoms with E-state index in [1.165, 1.54) is 315 Å².